The molecule has 0 aliphatic carbocycles. The standard InChI is InChI=1S/C11H23N5O2/c1-8(10(12)14-18)11(17)13-6-9-7-15(2)4-5-16(9)3/h8-9,18H,4-7H2,1-3H3,(H2,12,14)(H,13,17). The molecule has 0 saturated carbocycles. The zero-order chi connectivity index (χ0) is 13.7. The molecule has 0 aromatic rings. The molecule has 1 heterocycles. The van der Waals surface area contributed by atoms with Gasteiger partial charge in [-0.2, -0.15) is 0 Å². The molecule has 0 radical (unpaired) electrons. The van der Waals surface area contributed by atoms with Crippen LogP contribution in [-0.4, -0.2) is 73.1 Å². The van der Waals surface area contributed by atoms with Crippen LogP contribution in [0.25, 0.3) is 0 Å². The van der Waals surface area contributed by atoms with E-state index in [2.05, 4.69) is 34.4 Å². The molecule has 4 N–H and O–H groups in total. The number of hydrogen-bond acceptors (Lipinski definition) is 5. The summed E-state index contributed by atoms with van der Waals surface area (Å²) in [5.74, 6) is -0.893. The van der Waals surface area contributed by atoms with Crippen LogP contribution in [0.15, 0.2) is 5.16 Å². The van der Waals surface area contributed by atoms with Gasteiger partial charge in [0.2, 0.25) is 5.91 Å². The zero-order valence-corrected chi connectivity index (χ0v) is 11.3. The summed E-state index contributed by atoms with van der Waals surface area (Å²) in [6.07, 6.45) is 0. The van der Waals surface area contributed by atoms with Crippen molar-refractivity contribution in [1.82, 2.24) is 15.1 Å². The Hall–Kier alpha value is -1.34. The predicted molar refractivity (Wildman–Crippen MR) is 69.5 cm³/mol. The van der Waals surface area contributed by atoms with Gasteiger partial charge >= 0.3 is 0 Å². The second-order valence-corrected chi connectivity index (χ2v) is 4.89. The first-order chi connectivity index (χ1) is 8.45. The van der Waals surface area contributed by atoms with Crippen LogP contribution < -0.4 is 11.1 Å². The van der Waals surface area contributed by atoms with E-state index in [9.17, 15) is 4.79 Å². The van der Waals surface area contributed by atoms with Gasteiger partial charge in [0, 0.05) is 32.2 Å². The second kappa shape index (κ2) is 6.55. The maximum Gasteiger partial charge on any atom is 0.230 e. The number of carbonyl (C=O) groups excluding carboxylic acids is 1. The third-order valence-corrected chi connectivity index (χ3v) is 3.44. The largest absolute Gasteiger partial charge is 0.409 e. The Balaban J connectivity index is 2.42. The van der Waals surface area contributed by atoms with Crippen molar-refractivity contribution >= 4 is 11.7 Å². The van der Waals surface area contributed by atoms with Gasteiger partial charge in [0.15, 0.2) is 5.84 Å². The van der Waals surface area contributed by atoms with E-state index in [0.29, 0.717) is 12.6 Å². The lowest BCUT2D eigenvalue weighted by Crippen LogP contribution is -2.55. The molecule has 2 unspecified atom stereocenters. The maximum absolute atomic E-state index is 11.8. The van der Waals surface area contributed by atoms with Crippen molar-refractivity contribution in [3.63, 3.8) is 0 Å². The minimum Gasteiger partial charge on any atom is -0.409 e. The minimum absolute atomic E-state index is 0.0679. The average Bonchev–Trinajstić information content (AvgIpc) is 2.37. The fourth-order valence-electron chi connectivity index (χ4n) is 1.91. The number of nitrogens with one attached hydrogen (secondary N) is 1. The van der Waals surface area contributed by atoms with Crippen LogP contribution in [-0.2, 0) is 4.79 Å². The van der Waals surface area contributed by atoms with Crippen LogP contribution in [0.1, 0.15) is 6.92 Å². The van der Waals surface area contributed by atoms with Gasteiger partial charge in [-0.15, -0.1) is 0 Å². The Bertz CT molecular complexity index is 321. The topological polar surface area (TPSA) is 94.2 Å². The molecular formula is C11H23N5O2. The quantitative estimate of drug-likeness (QED) is 0.253. The SMILES string of the molecule is CC(C(=O)NCC1CN(C)CCN1C)C(N)=NO. The molecule has 1 saturated heterocycles. The van der Waals surface area contributed by atoms with Crippen molar-refractivity contribution in [1.29, 1.82) is 0 Å². The third kappa shape index (κ3) is 3.85. The first kappa shape index (κ1) is 14.7. The molecule has 1 aliphatic heterocycles. The summed E-state index contributed by atoms with van der Waals surface area (Å²) >= 11 is 0. The second-order valence-electron chi connectivity index (χ2n) is 4.89. The summed E-state index contributed by atoms with van der Waals surface area (Å²) < 4.78 is 0. The number of nitrogens with two attached hydrogens (primary N) is 1. The Morgan fingerprint density at radius 1 is 1.56 bits per heavy atom. The van der Waals surface area contributed by atoms with Crippen molar-refractivity contribution in [3.8, 4) is 0 Å². The summed E-state index contributed by atoms with van der Waals surface area (Å²) in [5, 5.41) is 14.2. The molecule has 0 bridgehead atoms. The van der Waals surface area contributed by atoms with Gasteiger partial charge in [0.25, 0.3) is 0 Å². The number of likely N-dealkylation sites (N-methyl/N-ethyl adjacent to an activating group) is 2. The van der Waals surface area contributed by atoms with Crippen LogP contribution in [0.3, 0.4) is 0 Å². The highest BCUT2D eigenvalue weighted by molar-refractivity contribution is 6.01. The van der Waals surface area contributed by atoms with Crippen molar-refractivity contribution < 1.29 is 10.0 Å². The molecule has 2 atom stereocenters. The monoisotopic (exact) mass is 257 g/mol. The van der Waals surface area contributed by atoms with E-state index in [-0.39, 0.29) is 11.7 Å². The van der Waals surface area contributed by atoms with E-state index in [4.69, 9.17) is 10.9 Å². The lowest BCUT2D eigenvalue weighted by atomic mass is 10.1. The fraction of sp³-hybridized carbons (Fsp3) is 0.818. The van der Waals surface area contributed by atoms with Gasteiger partial charge in [-0.05, 0) is 21.0 Å². The van der Waals surface area contributed by atoms with Crippen LogP contribution in [0.5, 0.6) is 0 Å². The predicted octanol–water partition coefficient (Wildman–Crippen LogP) is -1.27. The minimum atomic E-state index is -0.610. The van der Waals surface area contributed by atoms with Crippen molar-refractivity contribution in [3.05, 3.63) is 0 Å². The lowest BCUT2D eigenvalue weighted by molar-refractivity contribution is -0.123. The third-order valence-electron chi connectivity index (χ3n) is 3.44. The summed E-state index contributed by atoms with van der Waals surface area (Å²) in [7, 11) is 4.12. The van der Waals surface area contributed by atoms with Crippen molar-refractivity contribution in [2.45, 2.75) is 13.0 Å². The Kier molecular flexibility index (Phi) is 5.36. The van der Waals surface area contributed by atoms with Crippen molar-refractivity contribution in [2.75, 3.05) is 40.3 Å². The Morgan fingerprint density at radius 2 is 2.22 bits per heavy atom. The number of oxime groups is 1. The van der Waals surface area contributed by atoms with E-state index in [0.717, 1.165) is 19.6 Å². The van der Waals surface area contributed by atoms with Gasteiger partial charge in [-0.1, -0.05) is 5.16 Å². The first-order valence-electron chi connectivity index (χ1n) is 6.09. The number of amides is 1. The average molecular weight is 257 g/mol. The summed E-state index contributed by atoms with van der Waals surface area (Å²) in [6.45, 7) is 5.15. The van der Waals surface area contributed by atoms with Crippen molar-refractivity contribution in [2.24, 2.45) is 16.8 Å². The molecule has 1 rings (SSSR count). The molecule has 7 nitrogen and oxygen atoms in total. The first-order valence-corrected chi connectivity index (χ1v) is 6.09. The number of piperazine rings is 1. The molecule has 7 heteroatoms. The molecule has 0 spiro atoms. The number of rotatable bonds is 4. The summed E-state index contributed by atoms with van der Waals surface area (Å²) in [6, 6.07) is 0.298. The molecule has 1 fully saturated rings. The van der Waals surface area contributed by atoms with Crippen LogP contribution in [0.2, 0.25) is 0 Å². The van der Waals surface area contributed by atoms with Crippen LogP contribution >= 0.6 is 0 Å². The smallest absolute Gasteiger partial charge is 0.230 e. The number of carbonyl (C=O) groups is 1. The normalized spacial score (nSPS) is 24.8. The molecular weight excluding hydrogens is 234 g/mol. The highest BCUT2D eigenvalue weighted by Crippen LogP contribution is 2.05. The van der Waals surface area contributed by atoms with E-state index >= 15 is 0 Å². The Labute approximate surface area is 108 Å². The molecule has 1 amide bonds. The fourth-order valence-corrected chi connectivity index (χ4v) is 1.91. The number of amidine groups is 1. The number of hydrogen-bond donors (Lipinski definition) is 3. The highest BCUT2D eigenvalue weighted by Gasteiger charge is 2.24. The van der Waals surface area contributed by atoms with E-state index in [1.807, 2.05) is 0 Å². The van der Waals surface area contributed by atoms with Gasteiger partial charge < -0.3 is 21.2 Å². The molecule has 104 valence electrons. The number of nitrogens with zero attached hydrogens (tertiary/aromatic N) is 3. The highest BCUT2D eigenvalue weighted by atomic mass is 16.4. The van der Waals surface area contributed by atoms with Gasteiger partial charge in [0.1, 0.15) is 0 Å². The Morgan fingerprint density at radius 3 is 2.83 bits per heavy atom. The molecule has 18 heavy (non-hydrogen) atoms. The van der Waals surface area contributed by atoms with E-state index in [1.165, 1.54) is 0 Å². The van der Waals surface area contributed by atoms with Gasteiger partial charge in [0.05, 0.1) is 5.92 Å². The van der Waals surface area contributed by atoms with E-state index in [1.54, 1.807) is 6.92 Å². The van der Waals surface area contributed by atoms with Gasteiger partial charge in [-0.25, -0.2) is 0 Å². The van der Waals surface area contributed by atoms with Crippen LogP contribution in [0, 0.1) is 5.92 Å². The molecule has 1 aliphatic rings. The maximum atomic E-state index is 11.8. The van der Waals surface area contributed by atoms with Crippen LogP contribution in [0.4, 0.5) is 0 Å². The summed E-state index contributed by atoms with van der Waals surface area (Å²) in [4.78, 5) is 16.2. The molecule has 0 aromatic heterocycles. The zero-order valence-electron chi connectivity index (χ0n) is 11.3. The lowest BCUT2D eigenvalue weighted by Gasteiger charge is -2.37. The van der Waals surface area contributed by atoms with E-state index < -0.39 is 5.92 Å². The van der Waals surface area contributed by atoms with Gasteiger partial charge in [-0.3, -0.25) is 9.69 Å². The molecule has 0 aromatic carbocycles. The summed E-state index contributed by atoms with van der Waals surface area (Å²) in [5.41, 5.74) is 5.40.